The second-order valence-corrected chi connectivity index (χ2v) is 8.48. The minimum absolute atomic E-state index is 0.0206. The Morgan fingerprint density at radius 2 is 2.00 bits per heavy atom. The normalized spacial score (nSPS) is 14.8. The molecule has 1 rings (SSSR count). The number of hydrogen-bond donors (Lipinski definition) is 1. The van der Waals surface area contributed by atoms with Gasteiger partial charge in [-0.3, -0.25) is 9.32 Å². The van der Waals surface area contributed by atoms with Crippen molar-refractivity contribution >= 4 is 35.1 Å². The third-order valence-electron chi connectivity index (χ3n) is 2.61. The lowest BCUT2D eigenvalue weighted by molar-refractivity contribution is -0.118. The third kappa shape index (κ3) is 6.91. The lowest BCUT2D eigenvalue weighted by Crippen LogP contribution is -2.24. The van der Waals surface area contributed by atoms with Crippen LogP contribution in [0.2, 0.25) is 0 Å². The summed E-state index contributed by atoms with van der Waals surface area (Å²) in [7, 11) is 0. The second kappa shape index (κ2) is 7.62. The standard InChI is InChI=1S/C13H18ClO4PS/c1-13(2,10-11-6-4-3-5-7-11)12(15)20-9-8-18-19(14,16)17/h3-7H,8-10H2,1-2H3,(H,16,17). The summed E-state index contributed by atoms with van der Waals surface area (Å²) in [5.41, 5.74) is 0.596. The van der Waals surface area contributed by atoms with Gasteiger partial charge in [0.25, 0.3) is 0 Å². The van der Waals surface area contributed by atoms with Gasteiger partial charge < -0.3 is 4.89 Å². The largest absolute Gasteiger partial charge is 0.421 e. The van der Waals surface area contributed by atoms with Gasteiger partial charge in [-0.1, -0.05) is 55.9 Å². The van der Waals surface area contributed by atoms with E-state index in [1.807, 2.05) is 44.2 Å². The van der Waals surface area contributed by atoms with Gasteiger partial charge in [0.15, 0.2) is 5.12 Å². The number of halogens is 1. The van der Waals surface area contributed by atoms with E-state index in [1.54, 1.807) is 0 Å². The number of benzene rings is 1. The third-order valence-corrected chi connectivity index (χ3v) is 4.59. The molecule has 0 fully saturated rings. The fourth-order valence-corrected chi connectivity index (χ4v) is 3.12. The zero-order valence-electron chi connectivity index (χ0n) is 11.4. The van der Waals surface area contributed by atoms with Gasteiger partial charge in [0.05, 0.1) is 6.61 Å². The molecule has 0 saturated carbocycles. The van der Waals surface area contributed by atoms with Crippen LogP contribution in [-0.2, 0) is 20.3 Å². The summed E-state index contributed by atoms with van der Waals surface area (Å²) in [5, 5.41) is 0.0206. The molecular weight excluding hydrogens is 319 g/mol. The Morgan fingerprint density at radius 3 is 2.55 bits per heavy atom. The van der Waals surface area contributed by atoms with Crippen molar-refractivity contribution < 1.29 is 18.8 Å². The van der Waals surface area contributed by atoms with Gasteiger partial charge in [-0.25, -0.2) is 4.57 Å². The Labute approximate surface area is 128 Å². The van der Waals surface area contributed by atoms with Crippen LogP contribution >= 0.6 is 30.0 Å². The molecule has 0 aromatic heterocycles. The number of thioether (sulfide) groups is 1. The van der Waals surface area contributed by atoms with Gasteiger partial charge in [-0.05, 0) is 12.0 Å². The van der Waals surface area contributed by atoms with Gasteiger partial charge in [0.2, 0.25) is 0 Å². The maximum Gasteiger partial charge on any atom is 0.421 e. The van der Waals surface area contributed by atoms with Crippen molar-refractivity contribution in [3.05, 3.63) is 35.9 Å². The molecule has 0 aliphatic rings. The first kappa shape index (κ1) is 17.7. The lowest BCUT2D eigenvalue weighted by atomic mass is 9.87. The summed E-state index contributed by atoms with van der Waals surface area (Å²) in [6.07, 6.45) is 0.647. The summed E-state index contributed by atoms with van der Waals surface area (Å²) in [4.78, 5) is 20.9. The van der Waals surface area contributed by atoms with Crippen LogP contribution in [0.1, 0.15) is 19.4 Å². The maximum atomic E-state index is 12.1. The Hall–Kier alpha value is -0.320. The molecule has 0 heterocycles. The van der Waals surface area contributed by atoms with Gasteiger partial charge in [-0.15, -0.1) is 0 Å². The highest BCUT2D eigenvalue weighted by Crippen LogP contribution is 2.47. The SMILES string of the molecule is CC(C)(Cc1ccccc1)C(=O)SCCOP(=O)(O)Cl. The van der Waals surface area contributed by atoms with Crippen LogP contribution in [0.5, 0.6) is 0 Å². The first-order chi connectivity index (χ1) is 9.21. The molecule has 0 aliphatic carbocycles. The van der Waals surface area contributed by atoms with Gasteiger partial charge in [0.1, 0.15) is 0 Å². The smallest absolute Gasteiger partial charge is 0.313 e. The summed E-state index contributed by atoms with van der Waals surface area (Å²) in [5.74, 6) is 0.300. The minimum atomic E-state index is -3.97. The summed E-state index contributed by atoms with van der Waals surface area (Å²) in [6.45, 7) is -0.239. The first-order valence-corrected chi connectivity index (χ1v) is 9.56. The fourth-order valence-electron chi connectivity index (χ4n) is 1.66. The van der Waals surface area contributed by atoms with E-state index in [2.05, 4.69) is 4.52 Å². The Morgan fingerprint density at radius 1 is 1.40 bits per heavy atom. The molecule has 112 valence electrons. The molecule has 1 N–H and O–H groups in total. The molecule has 1 atom stereocenters. The first-order valence-electron chi connectivity index (χ1n) is 6.09. The Kier molecular flexibility index (Phi) is 6.76. The summed E-state index contributed by atoms with van der Waals surface area (Å²) < 4.78 is 15.2. The van der Waals surface area contributed by atoms with Crippen LogP contribution in [0.4, 0.5) is 0 Å². The van der Waals surface area contributed by atoms with Crippen molar-refractivity contribution in [1.82, 2.24) is 0 Å². The number of carbonyl (C=O) groups excluding carboxylic acids is 1. The fraction of sp³-hybridized carbons (Fsp3) is 0.462. The minimum Gasteiger partial charge on any atom is -0.313 e. The predicted molar refractivity (Wildman–Crippen MR) is 83.0 cm³/mol. The van der Waals surface area contributed by atoms with Crippen LogP contribution < -0.4 is 0 Å². The van der Waals surface area contributed by atoms with E-state index in [-0.39, 0.29) is 11.7 Å². The molecule has 4 nitrogen and oxygen atoms in total. The highest BCUT2D eigenvalue weighted by atomic mass is 35.7. The molecule has 0 bridgehead atoms. The average Bonchev–Trinajstić information content (AvgIpc) is 2.34. The number of rotatable bonds is 7. The van der Waals surface area contributed by atoms with Crippen molar-refractivity contribution in [1.29, 1.82) is 0 Å². The topological polar surface area (TPSA) is 63.6 Å². The molecule has 1 unspecified atom stereocenters. The monoisotopic (exact) mass is 336 g/mol. The van der Waals surface area contributed by atoms with Crippen molar-refractivity contribution in [2.24, 2.45) is 5.41 Å². The summed E-state index contributed by atoms with van der Waals surface area (Å²) >= 11 is 6.13. The van der Waals surface area contributed by atoms with Crippen LogP contribution in [0.25, 0.3) is 0 Å². The van der Waals surface area contributed by atoms with E-state index in [0.717, 1.165) is 17.3 Å². The molecule has 0 amide bonds. The van der Waals surface area contributed by atoms with E-state index < -0.39 is 12.4 Å². The van der Waals surface area contributed by atoms with Crippen molar-refractivity contribution in [3.63, 3.8) is 0 Å². The molecule has 0 aliphatic heterocycles. The van der Waals surface area contributed by atoms with Crippen molar-refractivity contribution in [2.75, 3.05) is 12.4 Å². The van der Waals surface area contributed by atoms with Crippen LogP contribution in [0.3, 0.4) is 0 Å². The Bertz CT molecular complexity index is 486. The molecule has 1 aromatic carbocycles. The van der Waals surface area contributed by atoms with E-state index in [9.17, 15) is 9.36 Å². The van der Waals surface area contributed by atoms with Crippen LogP contribution in [0, 0.1) is 5.41 Å². The second-order valence-electron chi connectivity index (χ2n) is 4.97. The highest BCUT2D eigenvalue weighted by molar-refractivity contribution is 8.13. The number of carbonyl (C=O) groups is 1. The molecule has 0 spiro atoms. The lowest BCUT2D eigenvalue weighted by Gasteiger charge is -2.22. The average molecular weight is 337 g/mol. The van der Waals surface area contributed by atoms with Gasteiger partial charge >= 0.3 is 6.95 Å². The zero-order chi connectivity index (χ0) is 15.2. The molecular formula is C13H18ClO4PS. The molecule has 7 heteroatoms. The number of hydrogen-bond acceptors (Lipinski definition) is 4. The molecule has 0 saturated heterocycles. The maximum absolute atomic E-state index is 12.1. The van der Waals surface area contributed by atoms with Crippen LogP contribution in [0.15, 0.2) is 30.3 Å². The Balaban J connectivity index is 2.43. The molecule has 0 radical (unpaired) electrons. The van der Waals surface area contributed by atoms with E-state index in [4.69, 9.17) is 16.1 Å². The predicted octanol–water partition coefficient (Wildman–Crippen LogP) is 3.87. The van der Waals surface area contributed by atoms with E-state index in [1.165, 1.54) is 0 Å². The molecule has 20 heavy (non-hydrogen) atoms. The van der Waals surface area contributed by atoms with Crippen LogP contribution in [-0.4, -0.2) is 22.4 Å². The van der Waals surface area contributed by atoms with E-state index in [0.29, 0.717) is 12.2 Å². The highest BCUT2D eigenvalue weighted by Gasteiger charge is 2.28. The van der Waals surface area contributed by atoms with Gasteiger partial charge in [0, 0.05) is 22.4 Å². The van der Waals surface area contributed by atoms with E-state index >= 15 is 0 Å². The molecule has 1 aromatic rings. The van der Waals surface area contributed by atoms with Crippen molar-refractivity contribution in [2.45, 2.75) is 20.3 Å². The van der Waals surface area contributed by atoms with Gasteiger partial charge in [-0.2, -0.15) is 0 Å². The zero-order valence-corrected chi connectivity index (χ0v) is 13.9. The summed E-state index contributed by atoms with van der Waals surface area (Å²) in [6, 6.07) is 9.78. The van der Waals surface area contributed by atoms with Crippen molar-refractivity contribution in [3.8, 4) is 0 Å². The quantitative estimate of drug-likeness (QED) is 0.605.